The first-order valence-electron chi connectivity index (χ1n) is 5.27. The normalized spacial score (nSPS) is 27.1. The minimum atomic E-state index is 0.550. The number of nitrogens with zero attached hydrogens (tertiary/aromatic N) is 3. The maximum absolute atomic E-state index is 4.44. The van der Waals surface area contributed by atoms with Crippen molar-refractivity contribution in [3.8, 4) is 0 Å². The Hall–Kier alpha value is -0.900. The summed E-state index contributed by atoms with van der Waals surface area (Å²) in [5.41, 5.74) is 0. The Morgan fingerprint density at radius 2 is 2.14 bits per heavy atom. The number of hydrogen-bond donors (Lipinski definition) is 1. The van der Waals surface area contributed by atoms with Gasteiger partial charge in [-0.1, -0.05) is 0 Å². The van der Waals surface area contributed by atoms with Gasteiger partial charge in [0.1, 0.15) is 11.6 Å². The lowest BCUT2D eigenvalue weighted by Crippen LogP contribution is -2.22. The highest BCUT2D eigenvalue weighted by Crippen LogP contribution is 2.29. The molecule has 0 spiro atoms. The van der Waals surface area contributed by atoms with E-state index < -0.39 is 0 Å². The first kappa shape index (κ1) is 9.65. The van der Waals surface area contributed by atoms with Crippen LogP contribution in [0.3, 0.4) is 0 Å². The van der Waals surface area contributed by atoms with Crippen LogP contribution in [0.2, 0.25) is 0 Å². The van der Waals surface area contributed by atoms with E-state index in [0.717, 1.165) is 11.6 Å². The van der Waals surface area contributed by atoms with E-state index in [1.165, 1.54) is 19.3 Å². The Morgan fingerprint density at radius 1 is 1.36 bits per heavy atom. The van der Waals surface area contributed by atoms with E-state index >= 15 is 0 Å². The second kappa shape index (κ2) is 3.69. The van der Waals surface area contributed by atoms with E-state index in [0.29, 0.717) is 12.1 Å². The molecule has 0 radical (unpaired) electrons. The summed E-state index contributed by atoms with van der Waals surface area (Å²) >= 11 is 0. The number of aryl methyl sites for hydroxylation is 2. The molecule has 2 atom stereocenters. The van der Waals surface area contributed by atoms with E-state index in [2.05, 4.69) is 20.1 Å². The highest BCUT2D eigenvalue weighted by atomic mass is 15.4. The van der Waals surface area contributed by atoms with Crippen molar-refractivity contribution in [2.24, 2.45) is 0 Å². The second-order valence-electron chi connectivity index (χ2n) is 4.10. The van der Waals surface area contributed by atoms with E-state index in [1.807, 2.05) is 20.9 Å². The molecule has 1 heterocycles. The van der Waals surface area contributed by atoms with Gasteiger partial charge in [-0.25, -0.2) is 9.67 Å². The number of rotatable bonds is 2. The molecule has 4 nitrogen and oxygen atoms in total. The predicted molar refractivity (Wildman–Crippen MR) is 55.2 cm³/mol. The molecule has 0 bridgehead atoms. The first-order valence-corrected chi connectivity index (χ1v) is 5.27. The van der Waals surface area contributed by atoms with Gasteiger partial charge in [0, 0.05) is 6.04 Å². The van der Waals surface area contributed by atoms with Crippen molar-refractivity contribution in [1.82, 2.24) is 20.1 Å². The summed E-state index contributed by atoms with van der Waals surface area (Å²) in [4.78, 5) is 4.34. The second-order valence-corrected chi connectivity index (χ2v) is 4.10. The summed E-state index contributed by atoms with van der Waals surface area (Å²) in [6, 6.07) is 1.21. The van der Waals surface area contributed by atoms with Gasteiger partial charge in [0.2, 0.25) is 0 Å². The van der Waals surface area contributed by atoms with Crippen molar-refractivity contribution in [1.29, 1.82) is 0 Å². The van der Waals surface area contributed by atoms with Crippen LogP contribution in [0, 0.1) is 13.8 Å². The first-order chi connectivity index (χ1) is 6.70. The van der Waals surface area contributed by atoms with Crippen LogP contribution >= 0.6 is 0 Å². The lowest BCUT2D eigenvalue weighted by Gasteiger charge is -2.12. The molecule has 4 heteroatoms. The van der Waals surface area contributed by atoms with Crippen LogP contribution in [0.1, 0.15) is 37.0 Å². The van der Waals surface area contributed by atoms with E-state index in [1.54, 1.807) is 0 Å². The summed E-state index contributed by atoms with van der Waals surface area (Å²) in [5, 5.41) is 7.77. The van der Waals surface area contributed by atoms with Gasteiger partial charge in [0.05, 0.1) is 6.04 Å². The largest absolute Gasteiger partial charge is 0.317 e. The number of nitrogens with one attached hydrogen (secondary N) is 1. The quantitative estimate of drug-likeness (QED) is 0.769. The predicted octanol–water partition coefficient (Wildman–Crippen LogP) is 1.21. The van der Waals surface area contributed by atoms with Crippen molar-refractivity contribution in [3.05, 3.63) is 11.6 Å². The highest BCUT2D eigenvalue weighted by Gasteiger charge is 2.26. The maximum Gasteiger partial charge on any atom is 0.147 e. The molecule has 0 amide bonds. The molecule has 2 rings (SSSR count). The topological polar surface area (TPSA) is 42.7 Å². The molecule has 1 aromatic rings. The molecule has 1 fully saturated rings. The average Bonchev–Trinajstić information content (AvgIpc) is 2.71. The third-order valence-electron chi connectivity index (χ3n) is 3.07. The van der Waals surface area contributed by atoms with Crippen LogP contribution in [-0.4, -0.2) is 27.9 Å². The Morgan fingerprint density at radius 3 is 2.64 bits per heavy atom. The minimum Gasteiger partial charge on any atom is -0.317 e. The summed E-state index contributed by atoms with van der Waals surface area (Å²) in [7, 11) is 2.03. The van der Waals surface area contributed by atoms with Gasteiger partial charge in [0.15, 0.2) is 0 Å². The van der Waals surface area contributed by atoms with Gasteiger partial charge in [-0.15, -0.1) is 0 Å². The van der Waals surface area contributed by atoms with Crippen molar-refractivity contribution >= 4 is 0 Å². The lowest BCUT2D eigenvalue weighted by atomic mass is 10.2. The third-order valence-corrected chi connectivity index (χ3v) is 3.07. The number of aromatic nitrogens is 3. The van der Waals surface area contributed by atoms with E-state index in [-0.39, 0.29) is 0 Å². The highest BCUT2D eigenvalue weighted by molar-refractivity contribution is 4.93. The molecule has 78 valence electrons. The van der Waals surface area contributed by atoms with Gasteiger partial charge in [0.25, 0.3) is 0 Å². The Labute approximate surface area is 84.7 Å². The molecular formula is C10H18N4. The molecule has 0 aliphatic heterocycles. The molecule has 1 N–H and O–H groups in total. The SMILES string of the molecule is CNC1CCC(n2nc(C)nc2C)C1. The van der Waals surface area contributed by atoms with Crippen LogP contribution in [0.4, 0.5) is 0 Å². The van der Waals surface area contributed by atoms with E-state index in [4.69, 9.17) is 0 Å². The molecule has 14 heavy (non-hydrogen) atoms. The molecule has 1 aliphatic rings. The summed E-state index contributed by atoms with van der Waals surface area (Å²) < 4.78 is 2.09. The maximum atomic E-state index is 4.44. The third kappa shape index (κ3) is 1.66. The van der Waals surface area contributed by atoms with Crippen LogP contribution in [0.5, 0.6) is 0 Å². The molecule has 1 aromatic heterocycles. The summed E-state index contributed by atoms with van der Waals surface area (Å²) in [6.45, 7) is 3.99. The van der Waals surface area contributed by atoms with Gasteiger partial charge in [-0.2, -0.15) is 5.10 Å². The van der Waals surface area contributed by atoms with Gasteiger partial charge < -0.3 is 5.32 Å². The fourth-order valence-electron chi connectivity index (χ4n) is 2.32. The van der Waals surface area contributed by atoms with Gasteiger partial charge in [-0.05, 0) is 40.2 Å². The van der Waals surface area contributed by atoms with Crippen molar-refractivity contribution < 1.29 is 0 Å². The van der Waals surface area contributed by atoms with E-state index in [9.17, 15) is 0 Å². The van der Waals surface area contributed by atoms with Gasteiger partial charge >= 0.3 is 0 Å². The zero-order valence-corrected chi connectivity index (χ0v) is 9.12. The minimum absolute atomic E-state index is 0.550. The standard InChI is InChI=1S/C10H18N4/c1-7-12-8(2)14(13-7)10-5-4-9(6-10)11-3/h9-11H,4-6H2,1-3H3. The lowest BCUT2D eigenvalue weighted by molar-refractivity contribution is 0.439. The van der Waals surface area contributed by atoms with Gasteiger partial charge in [-0.3, -0.25) is 0 Å². The Kier molecular flexibility index (Phi) is 2.54. The molecule has 1 saturated carbocycles. The Balaban J connectivity index is 2.13. The summed E-state index contributed by atoms with van der Waals surface area (Å²) in [5.74, 6) is 1.93. The Bertz CT molecular complexity index is 318. The van der Waals surface area contributed by atoms with Crippen LogP contribution in [-0.2, 0) is 0 Å². The van der Waals surface area contributed by atoms with Crippen LogP contribution < -0.4 is 5.32 Å². The molecular weight excluding hydrogens is 176 g/mol. The fourth-order valence-corrected chi connectivity index (χ4v) is 2.32. The summed E-state index contributed by atoms with van der Waals surface area (Å²) in [6.07, 6.45) is 3.65. The van der Waals surface area contributed by atoms with Crippen LogP contribution in [0.15, 0.2) is 0 Å². The zero-order chi connectivity index (χ0) is 10.1. The van der Waals surface area contributed by atoms with Crippen LogP contribution in [0.25, 0.3) is 0 Å². The van der Waals surface area contributed by atoms with Crippen molar-refractivity contribution in [3.63, 3.8) is 0 Å². The number of hydrogen-bond acceptors (Lipinski definition) is 3. The monoisotopic (exact) mass is 194 g/mol. The smallest absolute Gasteiger partial charge is 0.147 e. The fraction of sp³-hybridized carbons (Fsp3) is 0.800. The van der Waals surface area contributed by atoms with Crippen molar-refractivity contribution in [2.75, 3.05) is 7.05 Å². The molecule has 2 unspecified atom stereocenters. The molecule has 0 aromatic carbocycles. The average molecular weight is 194 g/mol. The van der Waals surface area contributed by atoms with Crippen molar-refractivity contribution in [2.45, 2.75) is 45.2 Å². The molecule has 1 aliphatic carbocycles. The molecule has 0 saturated heterocycles. The zero-order valence-electron chi connectivity index (χ0n) is 9.12.